The predicted octanol–water partition coefficient (Wildman–Crippen LogP) is 5.14. The summed E-state index contributed by atoms with van der Waals surface area (Å²) in [6.07, 6.45) is 2.65. The first-order valence-corrected chi connectivity index (χ1v) is 15.1. The van der Waals surface area contributed by atoms with Gasteiger partial charge in [0.1, 0.15) is 0 Å². The van der Waals surface area contributed by atoms with Gasteiger partial charge in [-0.05, 0) is 87.2 Å². The van der Waals surface area contributed by atoms with Crippen molar-refractivity contribution in [3.05, 3.63) is 87.8 Å². The quantitative estimate of drug-likeness (QED) is 0.315. The lowest BCUT2D eigenvalue weighted by Crippen LogP contribution is -2.43. The van der Waals surface area contributed by atoms with Gasteiger partial charge in [-0.2, -0.15) is 18.3 Å². The summed E-state index contributed by atoms with van der Waals surface area (Å²) in [7, 11) is 1.28. The first-order valence-electron chi connectivity index (χ1n) is 15.1. The summed E-state index contributed by atoms with van der Waals surface area (Å²) in [6, 6.07) is 15.0. The van der Waals surface area contributed by atoms with E-state index in [9.17, 15) is 22.8 Å². The van der Waals surface area contributed by atoms with Gasteiger partial charge in [0.25, 0.3) is 11.5 Å². The van der Waals surface area contributed by atoms with Crippen LogP contribution in [0, 0.1) is 0 Å². The summed E-state index contributed by atoms with van der Waals surface area (Å²) in [4.78, 5) is 34.4. The molecule has 2 aromatic heterocycles. The van der Waals surface area contributed by atoms with Gasteiger partial charge in [-0.15, -0.1) is 0 Å². The zero-order valence-electron chi connectivity index (χ0n) is 24.6. The van der Waals surface area contributed by atoms with Crippen LogP contribution in [0.4, 0.5) is 18.9 Å². The molecule has 2 saturated heterocycles. The van der Waals surface area contributed by atoms with Crippen molar-refractivity contribution in [3.63, 3.8) is 0 Å². The number of hydrogen-bond donors (Lipinski definition) is 1. The third-order valence-corrected chi connectivity index (χ3v) is 8.79. The van der Waals surface area contributed by atoms with Crippen LogP contribution < -0.4 is 15.8 Å². The zero-order valence-corrected chi connectivity index (χ0v) is 24.6. The monoisotopic (exact) mass is 604 g/mol. The molecule has 1 amide bonds. The number of benzene rings is 2. The minimum absolute atomic E-state index is 0.160. The summed E-state index contributed by atoms with van der Waals surface area (Å²) < 4.78 is 42.5. The highest BCUT2D eigenvalue weighted by molar-refractivity contribution is 5.96. The van der Waals surface area contributed by atoms with Gasteiger partial charge in [0.05, 0.1) is 34.2 Å². The molecular weight excluding hydrogens is 569 g/mol. The number of carbonyl (C=O) groups excluding carboxylic acids is 1. The van der Waals surface area contributed by atoms with Crippen LogP contribution in [0.15, 0.2) is 65.6 Å². The van der Waals surface area contributed by atoms with Gasteiger partial charge < -0.3 is 15.1 Å². The van der Waals surface area contributed by atoms with Crippen LogP contribution in [-0.2, 0) is 19.1 Å². The van der Waals surface area contributed by atoms with Crippen molar-refractivity contribution in [1.29, 1.82) is 0 Å². The standard InChI is InChI=1S/C33H35F3N6O2/c1-37-32(44)27-6-5-23(20-28(27)33(34,35)36)30-8-9-31(43)42(39-30)17-10-22-4-7-29-24(18-22)19-26(21-38-29)41-15-11-25(12-16-41)40-13-2-3-14-40/h4-9,18-21,25H,2-3,10-17H2,1H3,(H,37,44). The first-order chi connectivity index (χ1) is 21.2. The second-order valence-electron chi connectivity index (χ2n) is 11.5. The second-order valence-corrected chi connectivity index (χ2v) is 11.5. The Hall–Kier alpha value is -4.25. The number of piperidine rings is 1. The molecule has 1 N–H and O–H groups in total. The van der Waals surface area contributed by atoms with Crippen molar-refractivity contribution in [3.8, 4) is 11.3 Å². The van der Waals surface area contributed by atoms with E-state index in [-0.39, 0.29) is 23.4 Å². The fourth-order valence-corrected chi connectivity index (χ4v) is 6.36. The van der Waals surface area contributed by atoms with Crippen molar-refractivity contribution >= 4 is 22.5 Å². The fourth-order valence-electron chi connectivity index (χ4n) is 6.36. The lowest BCUT2D eigenvalue weighted by molar-refractivity contribution is -0.137. The van der Waals surface area contributed by atoms with E-state index in [1.54, 1.807) is 0 Å². The van der Waals surface area contributed by atoms with Crippen molar-refractivity contribution < 1.29 is 18.0 Å². The average Bonchev–Trinajstić information content (AvgIpc) is 3.58. The Bertz CT molecular complexity index is 1720. The highest BCUT2D eigenvalue weighted by Gasteiger charge is 2.35. The molecule has 0 atom stereocenters. The number of nitrogens with zero attached hydrogens (tertiary/aromatic N) is 5. The Morgan fingerprint density at radius 3 is 2.48 bits per heavy atom. The van der Waals surface area contributed by atoms with Crippen LogP contribution in [0.25, 0.3) is 22.2 Å². The highest BCUT2D eigenvalue weighted by atomic mass is 19.4. The predicted molar refractivity (Wildman–Crippen MR) is 164 cm³/mol. The summed E-state index contributed by atoms with van der Waals surface area (Å²) >= 11 is 0. The lowest BCUT2D eigenvalue weighted by Gasteiger charge is -2.37. The largest absolute Gasteiger partial charge is 0.417 e. The minimum atomic E-state index is -4.73. The van der Waals surface area contributed by atoms with E-state index in [0.29, 0.717) is 12.5 Å². The number of nitrogens with one attached hydrogen (secondary N) is 1. The number of amides is 1. The Morgan fingerprint density at radius 1 is 0.977 bits per heavy atom. The Kier molecular flexibility index (Phi) is 8.40. The van der Waals surface area contributed by atoms with Gasteiger partial charge in [0.2, 0.25) is 0 Å². The molecule has 11 heteroatoms. The number of aromatic nitrogens is 3. The first kappa shape index (κ1) is 29.8. The van der Waals surface area contributed by atoms with Gasteiger partial charge in [0, 0.05) is 49.7 Å². The van der Waals surface area contributed by atoms with E-state index >= 15 is 0 Å². The van der Waals surface area contributed by atoms with E-state index in [2.05, 4.69) is 32.3 Å². The number of halogens is 3. The van der Waals surface area contributed by atoms with E-state index in [0.717, 1.165) is 60.2 Å². The molecule has 6 rings (SSSR count). The third-order valence-electron chi connectivity index (χ3n) is 8.79. The number of likely N-dealkylation sites (tertiary alicyclic amines) is 1. The summed E-state index contributed by atoms with van der Waals surface area (Å²) in [6.45, 7) is 4.72. The molecule has 0 saturated carbocycles. The van der Waals surface area contributed by atoms with Crippen molar-refractivity contribution in [2.75, 3.05) is 38.1 Å². The number of anilines is 1. The molecule has 2 aromatic carbocycles. The molecule has 8 nitrogen and oxygen atoms in total. The van der Waals surface area contributed by atoms with Crippen LogP contribution in [0.3, 0.4) is 0 Å². The maximum atomic E-state index is 13.7. The second kappa shape index (κ2) is 12.4. The molecule has 0 spiro atoms. The normalized spacial score (nSPS) is 16.5. The third kappa shape index (κ3) is 6.33. The lowest BCUT2D eigenvalue weighted by atomic mass is 10.0. The highest BCUT2D eigenvalue weighted by Crippen LogP contribution is 2.35. The summed E-state index contributed by atoms with van der Waals surface area (Å²) in [5, 5.41) is 7.62. The molecule has 2 fully saturated rings. The number of fused-ring (bicyclic) bond motifs is 1. The maximum absolute atomic E-state index is 13.7. The van der Waals surface area contributed by atoms with Gasteiger partial charge in [-0.1, -0.05) is 12.1 Å². The van der Waals surface area contributed by atoms with Crippen molar-refractivity contribution in [2.24, 2.45) is 0 Å². The molecule has 2 aliphatic rings. The number of carbonyl (C=O) groups is 1. The van der Waals surface area contributed by atoms with E-state index < -0.39 is 23.2 Å². The van der Waals surface area contributed by atoms with Crippen LogP contribution in [0.5, 0.6) is 0 Å². The van der Waals surface area contributed by atoms with E-state index in [4.69, 9.17) is 4.98 Å². The Morgan fingerprint density at radius 2 is 1.75 bits per heavy atom. The molecule has 0 aliphatic carbocycles. The van der Waals surface area contributed by atoms with Crippen LogP contribution >= 0.6 is 0 Å². The van der Waals surface area contributed by atoms with E-state index in [1.165, 1.54) is 55.9 Å². The zero-order chi connectivity index (χ0) is 30.8. The van der Waals surface area contributed by atoms with Gasteiger partial charge in [-0.25, -0.2) is 4.68 Å². The number of rotatable bonds is 7. The molecule has 0 radical (unpaired) electrons. The summed E-state index contributed by atoms with van der Waals surface area (Å²) in [5.41, 5.74) is 1.48. The molecule has 2 aliphatic heterocycles. The van der Waals surface area contributed by atoms with Crippen molar-refractivity contribution in [1.82, 2.24) is 25.0 Å². The van der Waals surface area contributed by atoms with Crippen LogP contribution in [0.2, 0.25) is 0 Å². The molecule has 0 bridgehead atoms. The SMILES string of the molecule is CNC(=O)c1ccc(-c2ccc(=O)n(CCc3ccc4ncc(N5CCC(N6CCCC6)CC5)cc4c3)n2)cc1C(F)(F)F. The van der Waals surface area contributed by atoms with E-state index in [1.807, 2.05) is 18.3 Å². The molecular formula is C33H35F3N6O2. The number of alkyl halides is 3. The topological polar surface area (TPSA) is 83.4 Å². The fraction of sp³-hybridized carbons (Fsp3) is 0.394. The number of hydrogen-bond acceptors (Lipinski definition) is 6. The number of aryl methyl sites for hydroxylation is 2. The maximum Gasteiger partial charge on any atom is 0.417 e. The molecule has 0 unspecified atom stereocenters. The Balaban J connectivity index is 1.17. The smallest absolute Gasteiger partial charge is 0.370 e. The van der Waals surface area contributed by atoms with Gasteiger partial charge in [0.15, 0.2) is 0 Å². The molecule has 4 aromatic rings. The van der Waals surface area contributed by atoms with Gasteiger partial charge >= 0.3 is 6.18 Å². The molecule has 230 valence electrons. The Labute approximate surface area is 253 Å². The minimum Gasteiger partial charge on any atom is -0.370 e. The van der Waals surface area contributed by atoms with Crippen LogP contribution in [-0.4, -0.2) is 64.8 Å². The average molecular weight is 605 g/mol. The van der Waals surface area contributed by atoms with Crippen molar-refractivity contribution in [2.45, 2.75) is 50.9 Å². The molecule has 4 heterocycles. The summed E-state index contributed by atoms with van der Waals surface area (Å²) in [5.74, 6) is -0.832. The number of pyridine rings is 1. The molecule has 44 heavy (non-hydrogen) atoms. The van der Waals surface area contributed by atoms with Crippen LogP contribution in [0.1, 0.15) is 47.2 Å². The van der Waals surface area contributed by atoms with Gasteiger partial charge in [-0.3, -0.25) is 14.6 Å².